The number of cyclic esters (lactones) is 1. The van der Waals surface area contributed by atoms with E-state index >= 15 is 0 Å². The summed E-state index contributed by atoms with van der Waals surface area (Å²) in [6.07, 6.45) is 3.91. The Morgan fingerprint density at radius 3 is 2.50 bits per heavy atom. The average Bonchev–Trinajstić information content (AvgIpc) is 3.00. The van der Waals surface area contributed by atoms with Crippen LogP contribution in [0.1, 0.15) is 26.7 Å². The molecule has 2 aliphatic heterocycles. The number of carbonyl (C=O) groups is 2. The first-order chi connectivity index (χ1) is 10.3. The van der Waals surface area contributed by atoms with Crippen molar-refractivity contribution in [1.82, 2.24) is 4.90 Å². The summed E-state index contributed by atoms with van der Waals surface area (Å²) in [5.41, 5.74) is -0.0908. The van der Waals surface area contributed by atoms with Gasteiger partial charge < -0.3 is 14.6 Å². The van der Waals surface area contributed by atoms with Gasteiger partial charge in [0.1, 0.15) is 5.57 Å². The Labute approximate surface area is 136 Å². The zero-order valence-electron chi connectivity index (χ0n) is 12.5. The van der Waals surface area contributed by atoms with Crippen molar-refractivity contribution in [2.24, 2.45) is 5.92 Å². The molecule has 1 fully saturated rings. The SMILES string of the molecule is CC1(C)OC(=O)C([C@@H]2C(=O)C(Br)=C[C@@H]2N2CCCC2)=C(O)O1. The normalized spacial score (nSPS) is 32.0. The van der Waals surface area contributed by atoms with Gasteiger partial charge in [-0.1, -0.05) is 0 Å². The number of ketones is 1. The number of hydrogen-bond donors (Lipinski definition) is 1. The number of aliphatic hydroxyl groups excluding tert-OH is 1. The van der Waals surface area contributed by atoms with Crippen LogP contribution >= 0.6 is 15.9 Å². The Hall–Kier alpha value is -1.34. The molecule has 0 aromatic carbocycles. The van der Waals surface area contributed by atoms with Gasteiger partial charge in [-0.05, 0) is 47.9 Å². The highest BCUT2D eigenvalue weighted by Gasteiger charge is 2.49. The van der Waals surface area contributed by atoms with Crippen LogP contribution in [0.2, 0.25) is 0 Å². The maximum atomic E-state index is 12.5. The number of allylic oxidation sites excluding steroid dienone is 1. The molecule has 0 aromatic heterocycles. The largest absolute Gasteiger partial charge is 0.480 e. The number of nitrogens with zero attached hydrogens (tertiary/aromatic N) is 1. The van der Waals surface area contributed by atoms with Crippen LogP contribution in [0.4, 0.5) is 0 Å². The number of esters is 1. The van der Waals surface area contributed by atoms with E-state index in [4.69, 9.17) is 9.47 Å². The monoisotopic (exact) mass is 371 g/mol. The average molecular weight is 372 g/mol. The second-order valence-electron chi connectivity index (χ2n) is 6.20. The minimum absolute atomic E-state index is 0.0908. The maximum absolute atomic E-state index is 12.5. The number of rotatable bonds is 2. The molecule has 7 heteroatoms. The molecule has 0 radical (unpaired) electrons. The van der Waals surface area contributed by atoms with Crippen molar-refractivity contribution < 1.29 is 24.2 Å². The third kappa shape index (κ3) is 2.56. The second kappa shape index (κ2) is 5.38. The van der Waals surface area contributed by atoms with Crippen LogP contribution in [0.3, 0.4) is 0 Å². The van der Waals surface area contributed by atoms with Crippen LogP contribution < -0.4 is 0 Å². The van der Waals surface area contributed by atoms with Gasteiger partial charge in [0.05, 0.1) is 10.4 Å². The van der Waals surface area contributed by atoms with Gasteiger partial charge in [-0.3, -0.25) is 9.69 Å². The van der Waals surface area contributed by atoms with Crippen molar-refractivity contribution >= 4 is 27.7 Å². The summed E-state index contributed by atoms with van der Waals surface area (Å²) < 4.78 is 10.8. The van der Waals surface area contributed by atoms with E-state index in [2.05, 4.69) is 20.8 Å². The van der Waals surface area contributed by atoms with Gasteiger partial charge >= 0.3 is 5.97 Å². The molecule has 120 valence electrons. The zero-order chi connectivity index (χ0) is 16.1. The van der Waals surface area contributed by atoms with Gasteiger partial charge in [-0.15, -0.1) is 0 Å². The quantitative estimate of drug-likeness (QED) is 0.748. The lowest BCUT2D eigenvalue weighted by molar-refractivity contribution is -0.223. The molecule has 1 aliphatic carbocycles. The molecule has 2 heterocycles. The van der Waals surface area contributed by atoms with E-state index in [1.54, 1.807) is 6.08 Å². The Kier molecular flexibility index (Phi) is 3.81. The van der Waals surface area contributed by atoms with Crippen molar-refractivity contribution in [3.63, 3.8) is 0 Å². The van der Waals surface area contributed by atoms with Gasteiger partial charge in [-0.25, -0.2) is 4.79 Å². The summed E-state index contributed by atoms with van der Waals surface area (Å²) in [6, 6.07) is -0.265. The van der Waals surface area contributed by atoms with E-state index in [1.807, 2.05) is 0 Å². The molecule has 2 atom stereocenters. The summed E-state index contributed by atoms with van der Waals surface area (Å²) in [5.74, 6) is -3.48. The highest BCUT2D eigenvalue weighted by atomic mass is 79.9. The molecular weight excluding hydrogens is 354 g/mol. The van der Waals surface area contributed by atoms with Crippen molar-refractivity contribution in [3.05, 3.63) is 22.1 Å². The topological polar surface area (TPSA) is 76.1 Å². The number of halogens is 1. The molecule has 0 saturated carbocycles. The Balaban J connectivity index is 1.98. The van der Waals surface area contributed by atoms with E-state index in [-0.39, 0.29) is 17.4 Å². The first kappa shape index (κ1) is 15.6. The fourth-order valence-electron chi connectivity index (χ4n) is 3.22. The Morgan fingerprint density at radius 2 is 1.91 bits per heavy atom. The highest BCUT2D eigenvalue weighted by Crippen LogP contribution is 2.39. The van der Waals surface area contributed by atoms with E-state index in [0.717, 1.165) is 25.9 Å². The number of Topliss-reactive ketones (excluding diaryl/α,β-unsaturated/α-hetero) is 1. The number of ether oxygens (including phenoxy) is 2. The van der Waals surface area contributed by atoms with E-state index in [0.29, 0.717) is 4.48 Å². The van der Waals surface area contributed by atoms with Crippen LogP contribution in [0.15, 0.2) is 22.1 Å². The predicted molar refractivity (Wildman–Crippen MR) is 81.0 cm³/mol. The number of likely N-dealkylation sites (tertiary alicyclic amines) is 1. The molecule has 6 nitrogen and oxygen atoms in total. The van der Waals surface area contributed by atoms with Gasteiger partial charge in [0.2, 0.25) is 0 Å². The summed E-state index contributed by atoms with van der Waals surface area (Å²) >= 11 is 3.25. The van der Waals surface area contributed by atoms with Crippen LogP contribution in [-0.2, 0) is 19.1 Å². The second-order valence-corrected chi connectivity index (χ2v) is 7.05. The molecule has 0 aromatic rings. The van der Waals surface area contributed by atoms with Crippen LogP contribution in [0.5, 0.6) is 0 Å². The van der Waals surface area contributed by atoms with Crippen LogP contribution in [0, 0.1) is 5.92 Å². The number of hydrogen-bond acceptors (Lipinski definition) is 6. The summed E-state index contributed by atoms with van der Waals surface area (Å²) in [6.45, 7) is 4.78. The van der Waals surface area contributed by atoms with Gasteiger partial charge in [0.15, 0.2) is 5.78 Å². The molecule has 0 unspecified atom stereocenters. The predicted octanol–water partition coefficient (Wildman–Crippen LogP) is 2.01. The molecular formula is C15H18BrNO5. The highest BCUT2D eigenvalue weighted by molar-refractivity contribution is 9.12. The minimum Gasteiger partial charge on any atom is -0.480 e. The van der Waals surface area contributed by atoms with E-state index < -0.39 is 23.6 Å². The van der Waals surface area contributed by atoms with Crippen molar-refractivity contribution in [2.75, 3.05) is 13.1 Å². The van der Waals surface area contributed by atoms with Gasteiger partial charge in [0.25, 0.3) is 11.7 Å². The van der Waals surface area contributed by atoms with Gasteiger partial charge in [-0.2, -0.15) is 0 Å². The molecule has 22 heavy (non-hydrogen) atoms. The van der Waals surface area contributed by atoms with Crippen LogP contribution in [-0.4, -0.2) is 46.7 Å². The molecule has 0 spiro atoms. The molecule has 0 amide bonds. The third-order valence-electron chi connectivity index (χ3n) is 4.18. The zero-order valence-corrected chi connectivity index (χ0v) is 14.1. The lowest BCUT2D eigenvalue weighted by Crippen LogP contribution is -2.45. The molecule has 3 aliphatic rings. The first-order valence-corrected chi connectivity index (χ1v) is 8.10. The number of aliphatic hydroxyl groups is 1. The molecule has 1 N–H and O–H groups in total. The maximum Gasteiger partial charge on any atom is 0.345 e. The Bertz CT molecular complexity index is 589. The van der Waals surface area contributed by atoms with Crippen molar-refractivity contribution in [2.45, 2.75) is 38.5 Å². The minimum atomic E-state index is -1.24. The molecule has 3 rings (SSSR count). The Morgan fingerprint density at radius 1 is 1.27 bits per heavy atom. The first-order valence-electron chi connectivity index (χ1n) is 7.31. The van der Waals surface area contributed by atoms with Crippen molar-refractivity contribution in [1.29, 1.82) is 0 Å². The molecule has 0 bridgehead atoms. The fraction of sp³-hybridized carbons (Fsp3) is 0.600. The standard InChI is InChI=1S/C15H18BrNO5/c1-15(2)21-13(19)11(14(20)22-15)10-9(7-8(16)12(10)18)17-5-3-4-6-17/h7,9-10,19H,3-6H2,1-2H3/t9-,10+/m0/s1. The van der Waals surface area contributed by atoms with E-state index in [9.17, 15) is 14.7 Å². The van der Waals surface area contributed by atoms with E-state index in [1.165, 1.54) is 13.8 Å². The lowest BCUT2D eigenvalue weighted by Gasteiger charge is -2.34. The van der Waals surface area contributed by atoms with Gasteiger partial charge in [0, 0.05) is 19.9 Å². The smallest absolute Gasteiger partial charge is 0.345 e. The van der Waals surface area contributed by atoms with Crippen LogP contribution in [0.25, 0.3) is 0 Å². The summed E-state index contributed by atoms with van der Waals surface area (Å²) in [7, 11) is 0. The fourth-order valence-corrected chi connectivity index (χ4v) is 3.74. The summed E-state index contributed by atoms with van der Waals surface area (Å²) in [4.78, 5) is 26.9. The molecule has 1 saturated heterocycles. The summed E-state index contributed by atoms with van der Waals surface area (Å²) in [5, 5.41) is 10.1. The number of carbonyl (C=O) groups excluding carboxylic acids is 2. The lowest BCUT2D eigenvalue weighted by atomic mass is 9.91. The van der Waals surface area contributed by atoms with Crippen molar-refractivity contribution in [3.8, 4) is 0 Å². The third-order valence-corrected chi connectivity index (χ3v) is 4.84.